The molecule has 0 saturated carbocycles. The number of ether oxygens (including phenoxy) is 1. The van der Waals surface area contributed by atoms with E-state index in [0.29, 0.717) is 0 Å². The molecule has 0 fully saturated rings. The summed E-state index contributed by atoms with van der Waals surface area (Å²) in [6, 6.07) is 7.50. The summed E-state index contributed by atoms with van der Waals surface area (Å²) in [4.78, 5) is 7.19. The van der Waals surface area contributed by atoms with E-state index in [9.17, 15) is 4.39 Å². The molecule has 6 heteroatoms. The summed E-state index contributed by atoms with van der Waals surface area (Å²) in [5, 5.41) is 0. The Morgan fingerprint density at radius 1 is 1.35 bits per heavy atom. The number of nitrogens with two attached hydrogens (primary N) is 1. The molecule has 0 radical (unpaired) electrons. The lowest BCUT2D eigenvalue weighted by Crippen LogP contribution is -2.03. The number of halogens is 2. The van der Waals surface area contributed by atoms with Crippen LogP contribution in [0.2, 0.25) is 0 Å². The quantitative estimate of drug-likeness (QED) is 0.946. The first kappa shape index (κ1) is 11.8. The lowest BCUT2D eigenvalue weighted by Gasteiger charge is -2.07. The van der Waals surface area contributed by atoms with Crippen molar-refractivity contribution in [2.45, 2.75) is 6.61 Å². The van der Waals surface area contributed by atoms with Crippen molar-refractivity contribution < 1.29 is 9.13 Å². The van der Waals surface area contributed by atoms with Crippen LogP contribution in [0.15, 0.2) is 34.9 Å². The lowest BCUT2D eigenvalue weighted by molar-refractivity contribution is 0.276. The Morgan fingerprint density at radius 2 is 2.12 bits per heavy atom. The van der Waals surface area contributed by atoms with E-state index in [4.69, 9.17) is 10.5 Å². The molecule has 1 heterocycles. The van der Waals surface area contributed by atoms with Gasteiger partial charge in [0.1, 0.15) is 6.61 Å². The van der Waals surface area contributed by atoms with Crippen molar-refractivity contribution in [3.8, 4) is 5.88 Å². The smallest absolute Gasteiger partial charge is 0.255 e. The largest absolute Gasteiger partial charge is 0.471 e. The molecular formula is C11H9BrFN3O. The van der Waals surface area contributed by atoms with E-state index in [-0.39, 0.29) is 18.4 Å². The van der Waals surface area contributed by atoms with Crippen LogP contribution < -0.4 is 10.5 Å². The van der Waals surface area contributed by atoms with Crippen LogP contribution in [0, 0.1) is 5.82 Å². The van der Waals surface area contributed by atoms with Crippen LogP contribution in [-0.4, -0.2) is 9.97 Å². The lowest BCUT2D eigenvalue weighted by atomic mass is 10.2. The summed E-state index contributed by atoms with van der Waals surface area (Å²) >= 11 is 3.37. The third-order valence-electron chi connectivity index (χ3n) is 2.05. The minimum absolute atomic E-state index is 0.0199. The number of hydrogen-bond acceptors (Lipinski definition) is 4. The maximum atomic E-state index is 13.3. The molecule has 2 N–H and O–H groups in total. The standard InChI is InChI=1S/C11H9BrFN3O/c12-8-4-2-1-3-7(8)6-17-10-9(13)5-15-11(14)16-10/h1-5H,6H2,(H2,14,15,16). The number of hydrogen-bond donors (Lipinski definition) is 1. The van der Waals surface area contributed by atoms with E-state index in [1.807, 2.05) is 24.3 Å². The zero-order valence-corrected chi connectivity index (χ0v) is 10.3. The average Bonchev–Trinajstić information content (AvgIpc) is 2.32. The van der Waals surface area contributed by atoms with Gasteiger partial charge in [-0.1, -0.05) is 34.1 Å². The highest BCUT2D eigenvalue weighted by Gasteiger charge is 2.07. The van der Waals surface area contributed by atoms with Gasteiger partial charge in [-0.05, 0) is 6.07 Å². The Balaban J connectivity index is 2.12. The van der Waals surface area contributed by atoms with Gasteiger partial charge in [-0.3, -0.25) is 0 Å². The molecule has 0 saturated heterocycles. The van der Waals surface area contributed by atoms with Crippen molar-refractivity contribution in [1.29, 1.82) is 0 Å². The van der Waals surface area contributed by atoms with Gasteiger partial charge in [0.2, 0.25) is 11.8 Å². The molecule has 4 nitrogen and oxygen atoms in total. The molecule has 1 aromatic heterocycles. The molecule has 2 aromatic rings. The maximum Gasteiger partial charge on any atom is 0.255 e. The summed E-state index contributed by atoms with van der Waals surface area (Å²) in [5.41, 5.74) is 6.24. The van der Waals surface area contributed by atoms with Crippen molar-refractivity contribution in [2.75, 3.05) is 5.73 Å². The van der Waals surface area contributed by atoms with Crippen LogP contribution in [0.1, 0.15) is 5.56 Å². The molecule has 0 aliphatic rings. The Labute approximate surface area is 106 Å². The SMILES string of the molecule is Nc1ncc(F)c(OCc2ccccc2Br)n1. The number of aromatic nitrogens is 2. The molecule has 0 amide bonds. The molecule has 0 aliphatic carbocycles. The Bertz CT molecular complexity index is 536. The van der Waals surface area contributed by atoms with Gasteiger partial charge in [-0.25, -0.2) is 4.98 Å². The van der Waals surface area contributed by atoms with Crippen LogP contribution in [0.25, 0.3) is 0 Å². The topological polar surface area (TPSA) is 61.0 Å². The highest BCUT2D eigenvalue weighted by atomic mass is 79.9. The van der Waals surface area contributed by atoms with E-state index < -0.39 is 5.82 Å². The van der Waals surface area contributed by atoms with Gasteiger partial charge in [0.25, 0.3) is 5.88 Å². The second-order valence-electron chi connectivity index (χ2n) is 3.26. The van der Waals surface area contributed by atoms with E-state index in [0.717, 1.165) is 16.2 Å². The molecule has 1 aromatic carbocycles. The molecule has 2 rings (SSSR count). The molecule has 0 unspecified atom stereocenters. The summed E-state index contributed by atoms with van der Waals surface area (Å²) in [7, 11) is 0. The average molecular weight is 298 g/mol. The summed E-state index contributed by atoms with van der Waals surface area (Å²) < 4.78 is 19.4. The summed E-state index contributed by atoms with van der Waals surface area (Å²) in [6.07, 6.45) is 0.984. The molecule has 0 atom stereocenters. The van der Waals surface area contributed by atoms with E-state index in [1.54, 1.807) is 0 Å². The number of anilines is 1. The van der Waals surface area contributed by atoms with E-state index in [2.05, 4.69) is 25.9 Å². The van der Waals surface area contributed by atoms with Crippen molar-refractivity contribution in [1.82, 2.24) is 9.97 Å². The predicted octanol–water partition coefficient (Wildman–Crippen LogP) is 2.54. The van der Waals surface area contributed by atoms with Gasteiger partial charge in [0.15, 0.2) is 0 Å². The van der Waals surface area contributed by atoms with E-state index in [1.165, 1.54) is 0 Å². The van der Waals surface area contributed by atoms with Gasteiger partial charge in [0, 0.05) is 10.0 Å². The normalized spacial score (nSPS) is 10.2. The van der Waals surface area contributed by atoms with E-state index >= 15 is 0 Å². The first-order valence-electron chi connectivity index (χ1n) is 4.81. The number of benzene rings is 1. The zero-order valence-electron chi connectivity index (χ0n) is 8.73. The van der Waals surface area contributed by atoms with Crippen LogP contribution in [-0.2, 0) is 6.61 Å². The van der Waals surface area contributed by atoms with Crippen molar-refractivity contribution >= 4 is 21.9 Å². The number of nitrogens with zero attached hydrogens (tertiary/aromatic N) is 2. The van der Waals surface area contributed by atoms with Gasteiger partial charge < -0.3 is 10.5 Å². The van der Waals surface area contributed by atoms with Gasteiger partial charge in [-0.15, -0.1) is 0 Å². The molecular weight excluding hydrogens is 289 g/mol. The van der Waals surface area contributed by atoms with Crippen LogP contribution >= 0.6 is 15.9 Å². The third-order valence-corrected chi connectivity index (χ3v) is 2.83. The second-order valence-corrected chi connectivity index (χ2v) is 4.12. The fraction of sp³-hybridized carbons (Fsp3) is 0.0909. The van der Waals surface area contributed by atoms with Gasteiger partial charge in [0.05, 0.1) is 6.20 Å². The third kappa shape index (κ3) is 2.91. The molecule has 17 heavy (non-hydrogen) atoms. The fourth-order valence-corrected chi connectivity index (χ4v) is 1.63. The van der Waals surface area contributed by atoms with Crippen LogP contribution in [0.4, 0.5) is 10.3 Å². The Hall–Kier alpha value is -1.69. The summed E-state index contributed by atoms with van der Waals surface area (Å²) in [5.74, 6) is -0.798. The maximum absolute atomic E-state index is 13.3. The van der Waals surface area contributed by atoms with Gasteiger partial charge >= 0.3 is 0 Å². The first-order valence-corrected chi connectivity index (χ1v) is 5.60. The number of nitrogen functional groups attached to an aromatic ring is 1. The predicted molar refractivity (Wildman–Crippen MR) is 64.9 cm³/mol. The minimum Gasteiger partial charge on any atom is -0.471 e. The Kier molecular flexibility index (Phi) is 3.53. The van der Waals surface area contributed by atoms with Crippen LogP contribution in [0.5, 0.6) is 5.88 Å². The zero-order chi connectivity index (χ0) is 12.3. The molecule has 0 aliphatic heterocycles. The monoisotopic (exact) mass is 297 g/mol. The first-order chi connectivity index (χ1) is 8.16. The van der Waals surface area contributed by atoms with Crippen LogP contribution in [0.3, 0.4) is 0 Å². The minimum atomic E-state index is -0.633. The van der Waals surface area contributed by atoms with Crippen molar-refractivity contribution in [2.24, 2.45) is 0 Å². The highest BCUT2D eigenvalue weighted by Crippen LogP contribution is 2.19. The highest BCUT2D eigenvalue weighted by molar-refractivity contribution is 9.10. The van der Waals surface area contributed by atoms with Crippen molar-refractivity contribution in [3.05, 3.63) is 46.3 Å². The molecule has 88 valence electrons. The van der Waals surface area contributed by atoms with Crippen molar-refractivity contribution in [3.63, 3.8) is 0 Å². The fourth-order valence-electron chi connectivity index (χ4n) is 1.23. The Morgan fingerprint density at radius 3 is 2.88 bits per heavy atom. The summed E-state index contributed by atoms with van der Waals surface area (Å²) in [6.45, 7) is 0.203. The molecule has 0 spiro atoms. The van der Waals surface area contributed by atoms with Gasteiger partial charge in [-0.2, -0.15) is 9.37 Å². The second kappa shape index (κ2) is 5.09. The number of rotatable bonds is 3. The molecule has 0 bridgehead atoms.